The molecule has 1 aromatic carbocycles. The highest BCUT2D eigenvalue weighted by molar-refractivity contribution is 5.91. The van der Waals surface area contributed by atoms with Crippen LogP contribution in [0, 0.1) is 0 Å². The zero-order valence-corrected chi connectivity index (χ0v) is 11.0. The van der Waals surface area contributed by atoms with Crippen LogP contribution in [0.5, 0.6) is 0 Å². The molecule has 2 heteroatoms. The van der Waals surface area contributed by atoms with Crippen LogP contribution in [0.1, 0.15) is 43.7 Å². The second kappa shape index (κ2) is 6.39. The van der Waals surface area contributed by atoms with Gasteiger partial charge in [-0.2, -0.15) is 0 Å². The molecule has 1 aliphatic carbocycles. The van der Waals surface area contributed by atoms with E-state index in [1.54, 1.807) is 6.08 Å². The number of carbonyl (C=O) groups is 1. The Labute approximate surface area is 109 Å². The second-order valence-corrected chi connectivity index (χ2v) is 4.92. The van der Waals surface area contributed by atoms with Crippen molar-refractivity contribution < 1.29 is 4.79 Å². The number of carbonyl (C=O) groups excluding carboxylic acids is 1. The summed E-state index contributed by atoms with van der Waals surface area (Å²) >= 11 is 0. The van der Waals surface area contributed by atoms with Gasteiger partial charge in [0.05, 0.1) is 0 Å². The monoisotopic (exact) mass is 243 g/mol. The van der Waals surface area contributed by atoms with Crippen LogP contribution in [0.3, 0.4) is 0 Å². The first-order chi connectivity index (χ1) is 8.78. The number of aryl methyl sites for hydroxylation is 1. The molecule has 96 valence electrons. The Kier molecular flexibility index (Phi) is 4.57. The summed E-state index contributed by atoms with van der Waals surface area (Å²) in [6.07, 6.45) is 9.31. The number of nitrogens with one attached hydrogen (secondary N) is 1. The molecule has 1 saturated carbocycles. The van der Waals surface area contributed by atoms with Crippen molar-refractivity contribution in [1.29, 1.82) is 0 Å². The zero-order chi connectivity index (χ0) is 12.8. The minimum Gasteiger partial charge on any atom is -0.350 e. The maximum atomic E-state index is 11.7. The zero-order valence-electron chi connectivity index (χ0n) is 11.0. The molecule has 18 heavy (non-hydrogen) atoms. The lowest BCUT2D eigenvalue weighted by Crippen LogP contribution is -2.30. The largest absolute Gasteiger partial charge is 0.350 e. The third-order valence-electron chi connectivity index (χ3n) is 3.52. The van der Waals surface area contributed by atoms with E-state index in [1.165, 1.54) is 18.4 Å². The van der Waals surface area contributed by atoms with Gasteiger partial charge in [-0.25, -0.2) is 0 Å². The summed E-state index contributed by atoms with van der Waals surface area (Å²) in [5, 5.41) is 3.05. The quantitative estimate of drug-likeness (QED) is 0.808. The van der Waals surface area contributed by atoms with E-state index >= 15 is 0 Å². The average Bonchev–Trinajstić information content (AvgIpc) is 2.90. The van der Waals surface area contributed by atoms with Gasteiger partial charge in [-0.15, -0.1) is 0 Å². The lowest BCUT2D eigenvalue weighted by molar-refractivity contribution is -0.117. The maximum Gasteiger partial charge on any atom is 0.244 e. The third kappa shape index (κ3) is 3.73. The highest BCUT2D eigenvalue weighted by Crippen LogP contribution is 2.17. The van der Waals surface area contributed by atoms with Crippen molar-refractivity contribution in [3.05, 3.63) is 41.5 Å². The van der Waals surface area contributed by atoms with Crippen molar-refractivity contribution in [1.82, 2.24) is 5.32 Å². The SMILES string of the molecule is CCc1ccc(C=CC(=O)NC2CCCC2)cc1. The Morgan fingerprint density at radius 1 is 1.28 bits per heavy atom. The van der Waals surface area contributed by atoms with Gasteiger partial charge in [0.1, 0.15) is 0 Å². The van der Waals surface area contributed by atoms with Crippen molar-refractivity contribution in [2.24, 2.45) is 0 Å². The predicted molar refractivity (Wildman–Crippen MR) is 75.3 cm³/mol. The normalized spacial score (nSPS) is 16.3. The molecule has 0 bridgehead atoms. The molecule has 0 heterocycles. The van der Waals surface area contributed by atoms with E-state index in [2.05, 4.69) is 36.5 Å². The fraction of sp³-hybridized carbons (Fsp3) is 0.438. The van der Waals surface area contributed by atoms with E-state index in [4.69, 9.17) is 0 Å². The molecule has 0 radical (unpaired) electrons. The van der Waals surface area contributed by atoms with Crippen molar-refractivity contribution in [2.45, 2.75) is 45.1 Å². The summed E-state index contributed by atoms with van der Waals surface area (Å²) in [4.78, 5) is 11.7. The number of rotatable bonds is 4. The van der Waals surface area contributed by atoms with Gasteiger partial charge < -0.3 is 5.32 Å². The Balaban J connectivity index is 1.86. The minimum absolute atomic E-state index is 0.0291. The van der Waals surface area contributed by atoms with E-state index in [0.717, 1.165) is 24.8 Å². The number of hydrogen-bond acceptors (Lipinski definition) is 1. The fourth-order valence-corrected chi connectivity index (χ4v) is 2.36. The van der Waals surface area contributed by atoms with E-state index in [0.29, 0.717) is 6.04 Å². The van der Waals surface area contributed by atoms with Crippen LogP contribution in [0.2, 0.25) is 0 Å². The van der Waals surface area contributed by atoms with Crippen LogP contribution in [0.15, 0.2) is 30.3 Å². The predicted octanol–water partition coefficient (Wildman–Crippen LogP) is 3.32. The molecule has 0 aromatic heterocycles. The first kappa shape index (κ1) is 12.9. The van der Waals surface area contributed by atoms with Crippen molar-refractivity contribution in [3.8, 4) is 0 Å². The van der Waals surface area contributed by atoms with Gasteiger partial charge in [0, 0.05) is 12.1 Å². The molecule has 2 nitrogen and oxygen atoms in total. The number of hydrogen-bond donors (Lipinski definition) is 1. The summed E-state index contributed by atoms with van der Waals surface area (Å²) in [5.74, 6) is 0.0291. The van der Waals surface area contributed by atoms with Crippen molar-refractivity contribution in [2.75, 3.05) is 0 Å². The molecule has 2 rings (SSSR count). The molecular weight excluding hydrogens is 222 g/mol. The Hall–Kier alpha value is -1.57. The van der Waals surface area contributed by atoms with Crippen molar-refractivity contribution >= 4 is 12.0 Å². The van der Waals surface area contributed by atoms with Gasteiger partial charge in [0.15, 0.2) is 0 Å². The molecule has 0 unspecified atom stereocenters. The number of benzene rings is 1. The van der Waals surface area contributed by atoms with E-state index in [1.807, 2.05) is 6.08 Å². The lowest BCUT2D eigenvalue weighted by atomic mass is 10.1. The third-order valence-corrected chi connectivity index (χ3v) is 3.52. The smallest absolute Gasteiger partial charge is 0.244 e. The van der Waals surface area contributed by atoms with Gasteiger partial charge in [0.25, 0.3) is 0 Å². The Morgan fingerprint density at radius 3 is 2.56 bits per heavy atom. The Morgan fingerprint density at radius 2 is 1.94 bits per heavy atom. The van der Waals surface area contributed by atoms with Gasteiger partial charge in [0.2, 0.25) is 5.91 Å². The summed E-state index contributed by atoms with van der Waals surface area (Å²) in [6, 6.07) is 8.71. The van der Waals surface area contributed by atoms with Gasteiger partial charge in [-0.1, -0.05) is 44.0 Å². The minimum atomic E-state index is 0.0291. The molecule has 1 fully saturated rings. The molecule has 0 aliphatic heterocycles. The highest BCUT2D eigenvalue weighted by Gasteiger charge is 2.15. The second-order valence-electron chi connectivity index (χ2n) is 4.92. The molecule has 0 spiro atoms. The number of amides is 1. The van der Waals surface area contributed by atoms with Gasteiger partial charge >= 0.3 is 0 Å². The van der Waals surface area contributed by atoms with E-state index in [9.17, 15) is 4.79 Å². The van der Waals surface area contributed by atoms with E-state index < -0.39 is 0 Å². The van der Waals surface area contributed by atoms with Crippen LogP contribution >= 0.6 is 0 Å². The molecule has 1 amide bonds. The first-order valence-electron chi connectivity index (χ1n) is 6.85. The summed E-state index contributed by atoms with van der Waals surface area (Å²) in [5.41, 5.74) is 2.40. The van der Waals surface area contributed by atoms with Gasteiger partial charge in [-0.05, 0) is 36.5 Å². The van der Waals surface area contributed by atoms with Crippen molar-refractivity contribution in [3.63, 3.8) is 0 Å². The Bertz CT molecular complexity index is 413. The van der Waals surface area contributed by atoms with Crippen LogP contribution in [0.25, 0.3) is 6.08 Å². The lowest BCUT2D eigenvalue weighted by Gasteiger charge is -2.09. The van der Waals surface area contributed by atoms with Crippen LogP contribution < -0.4 is 5.32 Å². The standard InChI is InChI=1S/C16H21NO/c1-2-13-7-9-14(10-8-13)11-12-16(18)17-15-5-3-4-6-15/h7-12,15H,2-6H2,1H3,(H,17,18). The molecule has 1 N–H and O–H groups in total. The summed E-state index contributed by atoms with van der Waals surface area (Å²) in [7, 11) is 0. The van der Waals surface area contributed by atoms with E-state index in [-0.39, 0.29) is 5.91 Å². The highest BCUT2D eigenvalue weighted by atomic mass is 16.1. The fourth-order valence-electron chi connectivity index (χ4n) is 2.36. The van der Waals surface area contributed by atoms with Crippen LogP contribution in [0.4, 0.5) is 0 Å². The van der Waals surface area contributed by atoms with Gasteiger partial charge in [-0.3, -0.25) is 4.79 Å². The van der Waals surface area contributed by atoms with Crippen LogP contribution in [-0.2, 0) is 11.2 Å². The molecule has 1 aliphatic rings. The maximum absolute atomic E-state index is 11.7. The van der Waals surface area contributed by atoms with Crippen LogP contribution in [-0.4, -0.2) is 11.9 Å². The summed E-state index contributed by atoms with van der Waals surface area (Å²) < 4.78 is 0. The molecule has 0 atom stereocenters. The molecular formula is C16H21NO. The molecule has 0 saturated heterocycles. The summed E-state index contributed by atoms with van der Waals surface area (Å²) in [6.45, 7) is 2.14. The first-order valence-corrected chi connectivity index (χ1v) is 6.85. The molecule has 1 aromatic rings. The topological polar surface area (TPSA) is 29.1 Å². The average molecular weight is 243 g/mol.